The highest BCUT2D eigenvalue weighted by atomic mass is 32.2. The van der Waals surface area contributed by atoms with E-state index in [4.69, 9.17) is 4.42 Å². The van der Waals surface area contributed by atoms with E-state index in [1.54, 1.807) is 30.3 Å². The van der Waals surface area contributed by atoms with Crippen LogP contribution < -0.4 is 4.31 Å². The van der Waals surface area contributed by atoms with E-state index >= 15 is 0 Å². The number of hydrogen-bond acceptors (Lipinski definition) is 4. The molecular weight excluding hydrogens is 343 g/mol. The number of fused-ring (bicyclic) bond motifs is 1. The van der Waals surface area contributed by atoms with Gasteiger partial charge >= 0.3 is 0 Å². The van der Waals surface area contributed by atoms with Crippen molar-refractivity contribution in [3.8, 4) is 0 Å². The van der Waals surface area contributed by atoms with E-state index in [0.29, 0.717) is 35.3 Å². The Balaban J connectivity index is 1.70. The number of rotatable bonds is 3. The molecule has 128 valence electrons. The Bertz CT molecular complexity index is 1060. The fraction of sp³-hybridized carbons (Fsp3) is 0.167. The summed E-state index contributed by atoms with van der Waals surface area (Å²) in [5.41, 5.74) is 2.06. The van der Waals surface area contributed by atoms with Gasteiger partial charge in [0.25, 0.3) is 5.89 Å². The number of hydrogen-bond donors (Lipinski definition) is 0. The van der Waals surface area contributed by atoms with Crippen LogP contribution in [0.25, 0.3) is 23.0 Å². The van der Waals surface area contributed by atoms with Crippen molar-refractivity contribution in [1.29, 1.82) is 0 Å². The molecule has 1 saturated heterocycles. The molecule has 0 aliphatic carbocycles. The Kier molecular flexibility index (Phi) is 3.80. The molecule has 0 amide bonds. The van der Waals surface area contributed by atoms with Gasteiger partial charge in [-0.3, -0.25) is 4.31 Å². The van der Waals surface area contributed by atoms with Crippen LogP contribution in [-0.2, 0) is 10.0 Å². The van der Waals surface area contributed by atoms with Gasteiger partial charge in [0.2, 0.25) is 10.0 Å². The van der Waals surface area contributed by atoms with Crippen LogP contribution in [0.5, 0.6) is 0 Å². The van der Waals surface area contributed by atoms with Gasteiger partial charge in [-0.1, -0.05) is 30.3 Å². The predicted molar refractivity (Wildman–Crippen MR) is 95.2 cm³/mol. The smallest absolute Gasteiger partial charge is 0.256 e. The summed E-state index contributed by atoms with van der Waals surface area (Å²) in [6, 6.07) is 13.9. The van der Waals surface area contributed by atoms with Gasteiger partial charge in [-0.05, 0) is 36.3 Å². The Morgan fingerprint density at radius 1 is 1.20 bits per heavy atom. The molecule has 0 radical (unpaired) electrons. The zero-order chi connectivity index (χ0) is 17.4. The molecule has 1 aliphatic heterocycles. The number of benzene rings is 2. The molecule has 1 aliphatic rings. The molecule has 0 saturated carbocycles. The first kappa shape index (κ1) is 15.8. The second-order valence-electron chi connectivity index (χ2n) is 5.82. The molecule has 1 aromatic heterocycles. The largest absolute Gasteiger partial charge is 0.434 e. The monoisotopic (exact) mass is 358 g/mol. The van der Waals surface area contributed by atoms with Crippen LogP contribution in [0.4, 0.5) is 10.1 Å². The third kappa shape index (κ3) is 3.02. The lowest BCUT2D eigenvalue weighted by Crippen LogP contribution is -2.24. The maximum atomic E-state index is 14.4. The molecule has 2 aromatic carbocycles. The predicted octanol–water partition coefficient (Wildman–Crippen LogP) is 3.84. The minimum Gasteiger partial charge on any atom is -0.434 e. The second kappa shape index (κ2) is 6.00. The third-order valence-electron chi connectivity index (χ3n) is 4.06. The summed E-state index contributed by atoms with van der Waals surface area (Å²) < 4.78 is 45.2. The molecule has 2 heterocycles. The Morgan fingerprint density at radius 2 is 2.00 bits per heavy atom. The van der Waals surface area contributed by atoms with Crippen molar-refractivity contribution in [3.05, 3.63) is 60.0 Å². The van der Waals surface area contributed by atoms with E-state index in [-0.39, 0.29) is 11.6 Å². The van der Waals surface area contributed by atoms with Crippen molar-refractivity contribution in [2.75, 3.05) is 16.6 Å². The van der Waals surface area contributed by atoms with Crippen molar-refractivity contribution in [2.24, 2.45) is 0 Å². The van der Waals surface area contributed by atoms with Gasteiger partial charge < -0.3 is 4.42 Å². The average molecular weight is 358 g/mol. The van der Waals surface area contributed by atoms with Crippen molar-refractivity contribution in [3.63, 3.8) is 0 Å². The normalized spacial score (nSPS) is 17.3. The summed E-state index contributed by atoms with van der Waals surface area (Å²) in [7, 11) is -3.27. The fourth-order valence-electron chi connectivity index (χ4n) is 2.86. The lowest BCUT2D eigenvalue weighted by atomic mass is 10.2. The van der Waals surface area contributed by atoms with Crippen molar-refractivity contribution >= 4 is 38.7 Å². The Labute approximate surface area is 144 Å². The first-order valence-electron chi connectivity index (χ1n) is 7.86. The topological polar surface area (TPSA) is 63.4 Å². The second-order valence-corrected chi connectivity index (χ2v) is 7.83. The van der Waals surface area contributed by atoms with Crippen LogP contribution in [0.3, 0.4) is 0 Å². The summed E-state index contributed by atoms with van der Waals surface area (Å²) in [5.74, 6) is -0.568. The van der Waals surface area contributed by atoms with Gasteiger partial charge in [-0.25, -0.2) is 17.8 Å². The lowest BCUT2D eigenvalue weighted by molar-refractivity contribution is 0.556. The minimum atomic E-state index is -3.27. The Morgan fingerprint density at radius 3 is 2.72 bits per heavy atom. The van der Waals surface area contributed by atoms with Crippen LogP contribution in [-0.4, -0.2) is 25.7 Å². The minimum absolute atomic E-state index is 0.125. The van der Waals surface area contributed by atoms with Crippen molar-refractivity contribution in [2.45, 2.75) is 6.42 Å². The summed E-state index contributed by atoms with van der Waals surface area (Å²) >= 11 is 0. The van der Waals surface area contributed by atoms with E-state index in [9.17, 15) is 12.8 Å². The van der Waals surface area contributed by atoms with Crippen LogP contribution in [0, 0.1) is 0 Å². The quantitative estimate of drug-likeness (QED) is 0.714. The van der Waals surface area contributed by atoms with E-state index in [1.165, 1.54) is 10.4 Å². The fourth-order valence-corrected chi connectivity index (χ4v) is 4.42. The molecule has 0 atom stereocenters. The molecule has 7 heteroatoms. The van der Waals surface area contributed by atoms with Gasteiger partial charge in [-0.2, -0.15) is 0 Å². The molecule has 25 heavy (non-hydrogen) atoms. The number of aromatic nitrogens is 1. The third-order valence-corrected chi connectivity index (χ3v) is 5.93. The summed E-state index contributed by atoms with van der Waals surface area (Å²) in [6.07, 6.45) is 1.94. The Hall–Kier alpha value is -2.67. The average Bonchev–Trinajstić information content (AvgIpc) is 3.17. The SMILES string of the molecule is O=S1(=O)CCCN1c1ccc2oc(/C(F)=C\c3ccccc3)nc2c1. The standard InChI is InChI=1S/C18H15FN2O3S/c19-15(11-13-5-2-1-3-6-13)18-20-16-12-14(7-8-17(16)24-18)21-9-4-10-25(21,22)23/h1-3,5-8,11-12H,4,9-10H2/b15-11+. The van der Waals surface area contributed by atoms with Crippen molar-refractivity contribution in [1.82, 2.24) is 4.98 Å². The highest BCUT2D eigenvalue weighted by Gasteiger charge is 2.28. The van der Waals surface area contributed by atoms with Gasteiger partial charge in [0.1, 0.15) is 5.52 Å². The molecular formula is C18H15FN2O3S. The van der Waals surface area contributed by atoms with E-state index in [2.05, 4.69) is 4.98 Å². The molecule has 0 spiro atoms. The molecule has 3 aromatic rings. The van der Waals surface area contributed by atoms with Gasteiger partial charge in [0.15, 0.2) is 11.4 Å². The maximum Gasteiger partial charge on any atom is 0.256 e. The highest BCUT2D eigenvalue weighted by Crippen LogP contribution is 2.30. The number of nitrogens with zero attached hydrogens (tertiary/aromatic N) is 2. The molecule has 5 nitrogen and oxygen atoms in total. The number of anilines is 1. The highest BCUT2D eigenvalue weighted by molar-refractivity contribution is 7.93. The molecule has 1 fully saturated rings. The molecule has 0 bridgehead atoms. The summed E-state index contributed by atoms with van der Waals surface area (Å²) in [6.45, 7) is 0.445. The molecule has 0 N–H and O–H groups in total. The summed E-state index contributed by atoms with van der Waals surface area (Å²) in [4.78, 5) is 4.16. The molecule has 0 unspecified atom stereocenters. The first-order valence-corrected chi connectivity index (χ1v) is 9.47. The first-order chi connectivity index (χ1) is 12.0. The number of halogens is 1. The molecule has 4 rings (SSSR count). The number of oxazole rings is 1. The number of sulfonamides is 1. The van der Waals surface area contributed by atoms with Crippen LogP contribution in [0.1, 0.15) is 17.9 Å². The maximum absolute atomic E-state index is 14.4. The zero-order valence-corrected chi connectivity index (χ0v) is 14.0. The van der Waals surface area contributed by atoms with Gasteiger partial charge in [-0.15, -0.1) is 0 Å². The van der Waals surface area contributed by atoms with E-state index in [1.807, 2.05) is 18.2 Å². The van der Waals surface area contributed by atoms with Crippen LogP contribution >= 0.6 is 0 Å². The van der Waals surface area contributed by atoms with E-state index in [0.717, 1.165) is 0 Å². The van der Waals surface area contributed by atoms with Gasteiger partial charge in [0.05, 0.1) is 11.4 Å². The zero-order valence-electron chi connectivity index (χ0n) is 13.2. The van der Waals surface area contributed by atoms with Crippen LogP contribution in [0.2, 0.25) is 0 Å². The van der Waals surface area contributed by atoms with Crippen LogP contribution in [0.15, 0.2) is 52.9 Å². The van der Waals surface area contributed by atoms with Gasteiger partial charge in [0, 0.05) is 6.54 Å². The van der Waals surface area contributed by atoms with E-state index < -0.39 is 15.9 Å². The summed E-state index contributed by atoms with van der Waals surface area (Å²) in [5, 5.41) is 0. The van der Waals surface area contributed by atoms with Crippen molar-refractivity contribution < 1.29 is 17.2 Å². The lowest BCUT2D eigenvalue weighted by Gasteiger charge is -2.16.